The van der Waals surface area contributed by atoms with Gasteiger partial charge in [0.2, 0.25) is 5.91 Å². The molecule has 0 spiro atoms. The van der Waals surface area contributed by atoms with Crippen LogP contribution < -0.4 is 10.2 Å². The molecule has 31 heavy (non-hydrogen) atoms. The number of oxazole rings is 1. The Balaban J connectivity index is 1.09. The lowest BCUT2D eigenvalue weighted by molar-refractivity contribution is -0.122. The van der Waals surface area contributed by atoms with Crippen LogP contribution in [0.25, 0.3) is 22.0 Å². The predicted molar refractivity (Wildman–Crippen MR) is 121 cm³/mol. The average molecular weight is 415 g/mol. The highest BCUT2D eigenvalue weighted by Crippen LogP contribution is 2.22. The summed E-state index contributed by atoms with van der Waals surface area (Å²) in [5.41, 5.74) is 3.85. The summed E-state index contributed by atoms with van der Waals surface area (Å²) in [4.78, 5) is 25.8. The van der Waals surface area contributed by atoms with Crippen molar-refractivity contribution in [2.24, 2.45) is 0 Å². The second-order valence-electron chi connectivity index (χ2n) is 7.82. The highest BCUT2D eigenvalue weighted by atomic mass is 16.4. The molecule has 7 nitrogen and oxygen atoms in total. The topological polar surface area (TPSA) is 74.5 Å². The van der Waals surface area contributed by atoms with Gasteiger partial charge in [0, 0.05) is 44.3 Å². The fraction of sp³-hybridized carbons (Fsp3) is 0.292. The van der Waals surface area contributed by atoms with Gasteiger partial charge in [0.05, 0.1) is 12.1 Å². The van der Waals surface area contributed by atoms with Crippen molar-refractivity contribution < 1.29 is 9.21 Å². The van der Waals surface area contributed by atoms with Gasteiger partial charge in [-0.25, -0.2) is 0 Å². The summed E-state index contributed by atoms with van der Waals surface area (Å²) in [6.45, 7) is 4.22. The van der Waals surface area contributed by atoms with Crippen LogP contribution in [-0.4, -0.2) is 60.0 Å². The molecule has 5 rings (SSSR count). The summed E-state index contributed by atoms with van der Waals surface area (Å²) in [6.07, 6.45) is 2.58. The van der Waals surface area contributed by atoms with E-state index in [-0.39, 0.29) is 5.91 Å². The Bertz CT molecular complexity index is 1160. The van der Waals surface area contributed by atoms with Crippen molar-refractivity contribution in [2.45, 2.75) is 6.42 Å². The molecule has 1 aliphatic heterocycles. The maximum absolute atomic E-state index is 12.4. The van der Waals surface area contributed by atoms with Gasteiger partial charge in [-0.3, -0.25) is 14.7 Å². The summed E-state index contributed by atoms with van der Waals surface area (Å²) in [7, 11) is 0. The van der Waals surface area contributed by atoms with E-state index < -0.39 is 0 Å². The Kier molecular flexibility index (Phi) is 5.50. The van der Waals surface area contributed by atoms with Gasteiger partial charge in [-0.15, -0.1) is 0 Å². The molecule has 1 N–H and O–H groups in total. The molecule has 1 aliphatic rings. The number of carbonyl (C=O) groups excluding carboxylic acids is 1. The van der Waals surface area contributed by atoms with E-state index in [1.165, 1.54) is 0 Å². The van der Waals surface area contributed by atoms with Crippen LogP contribution >= 0.6 is 0 Å². The number of anilines is 1. The summed E-state index contributed by atoms with van der Waals surface area (Å²) in [5, 5.41) is 4.18. The molecule has 0 radical (unpaired) electrons. The van der Waals surface area contributed by atoms with Crippen molar-refractivity contribution in [2.75, 3.05) is 44.2 Å². The summed E-state index contributed by atoms with van der Waals surface area (Å²) < 4.78 is 5.86. The lowest BCUT2D eigenvalue weighted by Crippen LogP contribution is -2.49. The monoisotopic (exact) mass is 415 g/mol. The van der Waals surface area contributed by atoms with Crippen LogP contribution in [0.5, 0.6) is 0 Å². The van der Waals surface area contributed by atoms with E-state index in [4.69, 9.17) is 4.42 Å². The highest BCUT2D eigenvalue weighted by molar-refractivity contribution is 5.82. The molecule has 1 fully saturated rings. The highest BCUT2D eigenvalue weighted by Gasteiger charge is 2.22. The summed E-state index contributed by atoms with van der Waals surface area (Å²) in [6, 6.07) is 18.6. The number of aromatic nitrogens is 2. The van der Waals surface area contributed by atoms with Crippen LogP contribution in [0.15, 0.2) is 65.2 Å². The molecule has 2 aromatic carbocycles. The molecule has 7 heteroatoms. The summed E-state index contributed by atoms with van der Waals surface area (Å²) >= 11 is 0. The number of benzene rings is 2. The van der Waals surface area contributed by atoms with Gasteiger partial charge < -0.3 is 14.6 Å². The van der Waals surface area contributed by atoms with E-state index in [0.29, 0.717) is 19.1 Å². The van der Waals surface area contributed by atoms with Gasteiger partial charge in [-0.2, -0.15) is 4.98 Å². The summed E-state index contributed by atoms with van der Waals surface area (Å²) in [5.74, 6) is 0.0588. The van der Waals surface area contributed by atoms with Crippen molar-refractivity contribution in [3.05, 3.63) is 66.4 Å². The predicted octanol–water partition coefficient (Wildman–Crippen LogP) is 2.86. The van der Waals surface area contributed by atoms with Gasteiger partial charge in [0.15, 0.2) is 5.58 Å². The number of amides is 1. The fourth-order valence-electron chi connectivity index (χ4n) is 4.06. The van der Waals surface area contributed by atoms with E-state index >= 15 is 0 Å². The molecule has 0 bridgehead atoms. The number of carbonyl (C=O) groups is 1. The number of rotatable bonds is 6. The Morgan fingerprint density at radius 3 is 2.71 bits per heavy atom. The van der Waals surface area contributed by atoms with Crippen LogP contribution in [0.2, 0.25) is 0 Å². The standard InChI is InChI=1S/C24H25N5O2/c30-22(25-12-10-19-6-3-5-18-7-4-11-26-23(18)19)17-28-13-15-29(16-14-28)24-27-20-8-1-2-9-21(20)31-24/h1-9,11H,10,12-17H2,(H,25,30). The molecule has 158 valence electrons. The van der Waals surface area contributed by atoms with Gasteiger partial charge in [-0.05, 0) is 30.2 Å². The second kappa shape index (κ2) is 8.73. The Labute approximate surface area is 180 Å². The minimum Gasteiger partial charge on any atom is -0.423 e. The van der Waals surface area contributed by atoms with E-state index in [1.54, 1.807) is 0 Å². The maximum atomic E-state index is 12.4. The molecular formula is C24H25N5O2. The normalized spacial score (nSPS) is 14.9. The van der Waals surface area contributed by atoms with Crippen LogP contribution in [0, 0.1) is 0 Å². The fourth-order valence-corrected chi connectivity index (χ4v) is 4.06. The number of pyridine rings is 1. The number of fused-ring (bicyclic) bond motifs is 2. The molecule has 1 amide bonds. The SMILES string of the molecule is O=C(CN1CCN(c2nc3ccccc3o2)CC1)NCCc1cccc2cccnc12. The minimum atomic E-state index is 0.0588. The van der Waals surface area contributed by atoms with E-state index in [0.717, 1.165) is 60.2 Å². The number of nitrogens with zero attached hydrogens (tertiary/aromatic N) is 4. The van der Waals surface area contributed by atoms with Crippen LogP contribution in [0.3, 0.4) is 0 Å². The first-order valence-electron chi connectivity index (χ1n) is 10.7. The molecule has 4 aromatic rings. The Morgan fingerprint density at radius 2 is 1.84 bits per heavy atom. The first-order chi connectivity index (χ1) is 15.3. The Morgan fingerprint density at radius 1 is 1.00 bits per heavy atom. The molecule has 0 aliphatic carbocycles. The number of para-hydroxylation sites is 3. The first kappa shape index (κ1) is 19.5. The van der Waals surface area contributed by atoms with Crippen molar-refractivity contribution in [3.63, 3.8) is 0 Å². The number of hydrogen-bond acceptors (Lipinski definition) is 6. The van der Waals surface area contributed by atoms with Crippen LogP contribution in [-0.2, 0) is 11.2 Å². The van der Waals surface area contributed by atoms with E-state index in [2.05, 4.69) is 43.3 Å². The van der Waals surface area contributed by atoms with Gasteiger partial charge >= 0.3 is 0 Å². The first-order valence-corrected chi connectivity index (χ1v) is 10.7. The molecule has 1 saturated heterocycles. The van der Waals surface area contributed by atoms with Crippen LogP contribution in [0.4, 0.5) is 6.01 Å². The number of piperazine rings is 1. The van der Waals surface area contributed by atoms with Crippen molar-refractivity contribution in [3.8, 4) is 0 Å². The molecule has 0 saturated carbocycles. The third-order valence-electron chi connectivity index (χ3n) is 5.73. The maximum Gasteiger partial charge on any atom is 0.298 e. The lowest BCUT2D eigenvalue weighted by atomic mass is 10.1. The van der Waals surface area contributed by atoms with Gasteiger partial charge in [-0.1, -0.05) is 36.4 Å². The second-order valence-corrected chi connectivity index (χ2v) is 7.82. The third-order valence-corrected chi connectivity index (χ3v) is 5.73. The van der Waals surface area contributed by atoms with Crippen molar-refractivity contribution in [1.29, 1.82) is 0 Å². The van der Waals surface area contributed by atoms with E-state index in [1.807, 2.05) is 42.6 Å². The molecule has 0 atom stereocenters. The zero-order valence-corrected chi connectivity index (χ0v) is 17.3. The van der Waals surface area contributed by atoms with Crippen molar-refractivity contribution in [1.82, 2.24) is 20.2 Å². The molecule has 0 unspecified atom stereocenters. The molecule has 3 heterocycles. The average Bonchev–Trinajstić information content (AvgIpc) is 3.24. The van der Waals surface area contributed by atoms with Crippen molar-refractivity contribution >= 4 is 33.9 Å². The third kappa shape index (κ3) is 4.36. The minimum absolute atomic E-state index is 0.0588. The van der Waals surface area contributed by atoms with Crippen LogP contribution in [0.1, 0.15) is 5.56 Å². The zero-order valence-electron chi connectivity index (χ0n) is 17.3. The lowest BCUT2D eigenvalue weighted by Gasteiger charge is -2.33. The number of nitrogens with one attached hydrogen (secondary N) is 1. The smallest absolute Gasteiger partial charge is 0.298 e. The van der Waals surface area contributed by atoms with Gasteiger partial charge in [0.1, 0.15) is 5.52 Å². The molecule has 2 aromatic heterocycles. The Hall–Kier alpha value is -3.45. The van der Waals surface area contributed by atoms with Gasteiger partial charge in [0.25, 0.3) is 6.01 Å². The largest absolute Gasteiger partial charge is 0.423 e. The number of hydrogen-bond donors (Lipinski definition) is 1. The zero-order chi connectivity index (χ0) is 21.0. The molecular weight excluding hydrogens is 390 g/mol. The quantitative estimate of drug-likeness (QED) is 0.522. The van der Waals surface area contributed by atoms with E-state index in [9.17, 15) is 4.79 Å².